The van der Waals surface area contributed by atoms with Gasteiger partial charge in [0, 0.05) is 25.4 Å². The van der Waals surface area contributed by atoms with Crippen molar-refractivity contribution in [1.82, 2.24) is 25.0 Å². The number of aryl methyl sites for hydroxylation is 2. The minimum Gasteiger partial charge on any atom is -0.360 e. The largest absolute Gasteiger partial charge is 0.360 e. The number of aromatic nitrogens is 5. The molecule has 0 radical (unpaired) electrons. The van der Waals surface area contributed by atoms with Crippen LogP contribution in [0.15, 0.2) is 15.8 Å². The summed E-state index contributed by atoms with van der Waals surface area (Å²) in [5.74, 6) is 0.0838. The highest BCUT2D eigenvalue weighted by molar-refractivity contribution is 5.31. The lowest BCUT2D eigenvalue weighted by Crippen LogP contribution is -2.26. The van der Waals surface area contributed by atoms with Crippen LogP contribution in [0, 0.1) is 0 Å². The molecule has 0 amide bonds. The van der Waals surface area contributed by atoms with E-state index in [9.17, 15) is 9.59 Å². The fourth-order valence-corrected chi connectivity index (χ4v) is 1.68. The molecule has 0 fully saturated rings. The molecule has 2 aromatic heterocycles. The van der Waals surface area contributed by atoms with Crippen LogP contribution in [0.25, 0.3) is 0 Å². The highest BCUT2D eigenvalue weighted by Crippen LogP contribution is 2.08. The molecule has 0 aliphatic carbocycles. The van der Waals surface area contributed by atoms with Gasteiger partial charge in [0.2, 0.25) is 5.82 Å². The van der Waals surface area contributed by atoms with E-state index >= 15 is 0 Å². The van der Waals surface area contributed by atoms with Crippen LogP contribution in [-0.4, -0.2) is 25.0 Å². The van der Waals surface area contributed by atoms with Crippen LogP contribution >= 0.6 is 0 Å². The van der Waals surface area contributed by atoms with Gasteiger partial charge in [0.15, 0.2) is 0 Å². The van der Waals surface area contributed by atoms with Crippen LogP contribution in [0.3, 0.4) is 0 Å². The van der Waals surface area contributed by atoms with Gasteiger partial charge in [0.1, 0.15) is 0 Å². The van der Waals surface area contributed by atoms with Crippen molar-refractivity contribution in [3.8, 4) is 0 Å². The van der Waals surface area contributed by atoms with Gasteiger partial charge in [-0.1, -0.05) is 6.92 Å². The van der Waals surface area contributed by atoms with Crippen molar-refractivity contribution in [2.24, 2.45) is 7.05 Å². The Hall–Kier alpha value is -2.38. The van der Waals surface area contributed by atoms with Gasteiger partial charge in [0.25, 0.3) is 5.56 Å². The Morgan fingerprint density at radius 2 is 2.22 bits per heavy atom. The van der Waals surface area contributed by atoms with Gasteiger partial charge in [-0.05, 0) is 6.42 Å². The van der Waals surface area contributed by atoms with E-state index in [0.29, 0.717) is 6.54 Å². The van der Waals surface area contributed by atoms with Gasteiger partial charge < -0.3 is 5.32 Å². The topological polar surface area (TPSA) is 108 Å². The minimum absolute atomic E-state index is 0.0838. The van der Waals surface area contributed by atoms with E-state index in [-0.39, 0.29) is 5.82 Å². The van der Waals surface area contributed by atoms with Crippen molar-refractivity contribution < 1.29 is 0 Å². The first-order valence-electron chi connectivity index (χ1n) is 5.54. The quantitative estimate of drug-likeness (QED) is 0.669. The van der Waals surface area contributed by atoms with E-state index in [1.807, 2.05) is 20.2 Å². The molecule has 0 unspecified atom stereocenters. The van der Waals surface area contributed by atoms with Crippen LogP contribution in [0.1, 0.15) is 18.2 Å². The molecule has 2 aromatic rings. The molecule has 0 atom stereocenters. The van der Waals surface area contributed by atoms with Crippen molar-refractivity contribution in [3.05, 3.63) is 38.3 Å². The first-order chi connectivity index (χ1) is 8.60. The van der Waals surface area contributed by atoms with E-state index in [1.165, 1.54) is 0 Å². The number of nitrogens with zero attached hydrogens (tertiary/aromatic N) is 3. The van der Waals surface area contributed by atoms with Gasteiger partial charge in [-0.2, -0.15) is 5.10 Å². The average Bonchev–Trinajstić information content (AvgIpc) is 2.68. The summed E-state index contributed by atoms with van der Waals surface area (Å²) >= 11 is 0. The number of anilines is 1. The highest BCUT2D eigenvalue weighted by atomic mass is 16.2. The van der Waals surface area contributed by atoms with Crippen molar-refractivity contribution in [2.75, 3.05) is 5.32 Å². The SMILES string of the molecule is CCc1nn(C)cc1CNc1n[nH]c(=O)[nH]c1=O. The summed E-state index contributed by atoms with van der Waals surface area (Å²) in [6, 6.07) is 0. The summed E-state index contributed by atoms with van der Waals surface area (Å²) in [5, 5.41) is 13.0. The molecule has 0 saturated heterocycles. The van der Waals surface area contributed by atoms with Crippen LogP contribution < -0.4 is 16.6 Å². The summed E-state index contributed by atoms with van der Waals surface area (Å²) in [7, 11) is 1.84. The molecule has 18 heavy (non-hydrogen) atoms. The van der Waals surface area contributed by atoms with E-state index in [0.717, 1.165) is 17.7 Å². The second kappa shape index (κ2) is 4.86. The lowest BCUT2D eigenvalue weighted by Gasteiger charge is -2.02. The lowest BCUT2D eigenvalue weighted by molar-refractivity contribution is 0.746. The van der Waals surface area contributed by atoms with Crippen LogP contribution in [0.4, 0.5) is 5.82 Å². The normalized spacial score (nSPS) is 10.6. The molecule has 8 heteroatoms. The first-order valence-corrected chi connectivity index (χ1v) is 5.54. The van der Waals surface area contributed by atoms with Gasteiger partial charge in [-0.3, -0.25) is 14.5 Å². The monoisotopic (exact) mass is 250 g/mol. The zero-order valence-corrected chi connectivity index (χ0v) is 10.1. The lowest BCUT2D eigenvalue weighted by atomic mass is 10.2. The molecule has 0 aliphatic rings. The predicted octanol–water partition coefficient (Wildman–Crippen LogP) is -0.634. The van der Waals surface area contributed by atoms with Crippen molar-refractivity contribution in [1.29, 1.82) is 0 Å². The predicted molar refractivity (Wildman–Crippen MR) is 65.4 cm³/mol. The zero-order valence-electron chi connectivity index (χ0n) is 10.1. The van der Waals surface area contributed by atoms with Crippen molar-refractivity contribution >= 4 is 5.82 Å². The van der Waals surface area contributed by atoms with E-state index < -0.39 is 11.2 Å². The Balaban J connectivity index is 2.16. The van der Waals surface area contributed by atoms with Crippen molar-refractivity contribution in [3.63, 3.8) is 0 Å². The highest BCUT2D eigenvalue weighted by Gasteiger charge is 2.07. The van der Waals surface area contributed by atoms with Crippen LogP contribution in [-0.2, 0) is 20.0 Å². The standard InChI is InChI=1S/C10H14N6O2/c1-3-7-6(5-16(2)15-7)4-11-8-9(17)12-10(18)14-13-8/h5H,3-4H2,1-2H3,(H,11,13)(H2,12,14,17,18). The minimum atomic E-state index is -0.624. The Bertz CT molecular complexity index is 653. The summed E-state index contributed by atoms with van der Waals surface area (Å²) in [4.78, 5) is 24.3. The summed E-state index contributed by atoms with van der Waals surface area (Å²) < 4.78 is 1.72. The van der Waals surface area contributed by atoms with Crippen LogP contribution in [0.5, 0.6) is 0 Å². The molecule has 0 aliphatic heterocycles. The van der Waals surface area contributed by atoms with Gasteiger partial charge in [-0.25, -0.2) is 9.89 Å². The summed E-state index contributed by atoms with van der Waals surface area (Å²) in [6.07, 6.45) is 2.69. The zero-order chi connectivity index (χ0) is 13.1. The number of rotatable bonds is 4. The maximum atomic E-state index is 11.4. The third-order valence-corrected chi connectivity index (χ3v) is 2.48. The number of nitrogens with one attached hydrogen (secondary N) is 3. The summed E-state index contributed by atoms with van der Waals surface area (Å²) in [5.41, 5.74) is 0.792. The molecular weight excluding hydrogens is 236 g/mol. The molecule has 2 rings (SSSR count). The number of aromatic amines is 2. The number of H-pyrrole nitrogens is 2. The molecule has 3 N–H and O–H groups in total. The Kier molecular flexibility index (Phi) is 3.26. The van der Waals surface area contributed by atoms with Crippen molar-refractivity contribution in [2.45, 2.75) is 19.9 Å². The molecule has 0 aromatic carbocycles. The van der Waals surface area contributed by atoms with E-state index in [2.05, 4.69) is 25.6 Å². The molecular formula is C10H14N6O2. The molecule has 8 nitrogen and oxygen atoms in total. The summed E-state index contributed by atoms with van der Waals surface area (Å²) in [6.45, 7) is 2.44. The number of hydrogen-bond acceptors (Lipinski definition) is 5. The first kappa shape index (κ1) is 12.1. The van der Waals surface area contributed by atoms with E-state index in [4.69, 9.17) is 0 Å². The maximum Gasteiger partial charge on any atom is 0.342 e. The maximum absolute atomic E-state index is 11.4. The second-order valence-electron chi connectivity index (χ2n) is 3.84. The fraction of sp³-hybridized carbons (Fsp3) is 0.400. The Morgan fingerprint density at radius 3 is 2.89 bits per heavy atom. The van der Waals surface area contributed by atoms with E-state index in [1.54, 1.807) is 4.68 Å². The third-order valence-electron chi connectivity index (χ3n) is 2.48. The Labute approximate surface area is 102 Å². The third kappa shape index (κ3) is 2.47. The fourth-order valence-electron chi connectivity index (χ4n) is 1.68. The second-order valence-corrected chi connectivity index (χ2v) is 3.84. The van der Waals surface area contributed by atoms with Gasteiger partial charge >= 0.3 is 5.69 Å². The van der Waals surface area contributed by atoms with Gasteiger partial charge in [-0.15, -0.1) is 5.10 Å². The average molecular weight is 250 g/mol. The van der Waals surface area contributed by atoms with Gasteiger partial charge in [0.05, 0.1) is 5.69 Å². The number of hydrogen-bond donors (Lipinski definition) is 3. The smallest absolute Gasteiger partial charge is 0.342 e. The van der Waals surface area contributed by atoms with Crippen LogP contribution in [0.2, 0.25) is 0 Å². The Morgan fingerprint density at radius 1 is 1.44 bits per heavy atom. The molecule has 96 valence electrons. The molecule has 0 spiro atoms. The molecule has 0 saturated carbocycles. The molecule has 0 bridgehead atoms. The molecule has 2 heterocycles.